The molecule has 0 atom stereocenters. The van der Waals surface area contributed by atoms with Crippen LogP contribution in [-0.4, -0.2) is 18.5 Å². The number of hydrogen-bond acceptors (Lipinski definition) is 2. The molecule has 0 saturated carbocycles. The molecule has 0 aliphatic carbocycles. The van der Waals surface area contributed by atoms with Crippen LogP contribution in [0.5, 0.6) is 0 Å². The summed E-state index contributed by atoms with van der Waals surface area (Å²) in [6.07, 6.45) is 0. The van der Waals surface area contributed by atoms with Crippen LogP contribution in [0.1, 0.15) is 11.1 Å². The summed E-state index contributed by atoms with van der Waals surface area (Å²) in [5, 5.41) is 7.44. The maximum Gasteiger partial charge on any atom is 0.319 e. The summed E-state index contributed by atoms with van der Waals surface area (Å²) in [7, 11) is 0. The predicted octanol–water partition coefficient (Wildman–Crippen LogP) is 3.20. The molecular formula is C17H18FN3O2. The van der Waals surface area contributed by atoms with Gasteiger partial charge in [0.05, 0.1) is 12.2 Å². The fraction of sp³-hybridized carbons (Fsp3) is 0.176. The van der Waals surface area contributed by atoms with Crippen molar-refractivity contribution in [2.24, 2.45) is 0 Å². The molecule has 0 aliphatic heterocycles. The van der Waals surface area contributed by atoms with Crippen LogP contribution < -0.4 is 16.0 Å². The second kappa shape index (κ2) is 7.40. The number of carbonyl (C=O) groups is 2. The molecule has 2 rings (SSSR count). The Labute approximate surface area is 133 Å². The van der Waals surface area contributed by atoms with Gasteiger partial charge >= 0.3 is 6.03 Å². The molecule has 5 nitrogen and oxygen atoms in total. The third-order valence-corrected chi connectivity index (χ3v) is 3.08. The first-order valence-corrected chi connectivity index (χ1v) is 7.11. The first-order valence-electron chi connectivity index (χ1n) is 7.11. The Balaban J connectivity index is 1.83. The van der Waals surface area contributed by atoms with Crippen molar-refractivity contribution in [3.8, 4) is 0 Å². The van der Waals surface area contributed by atoms with Crippen molar-refractivity contribution in [3.63, 3.8) is 0 Å². The number of carbonyl (C=O) groups excluding carboxylic acids is 2. The maximum atomic E-state index is 13.6. The van der Waals surface area contributed by atoms with Gasteiger partial charge in [0.2, 0.25) is 5.91 Å². The number of halogens is 1. The smallest absolute Gasteiger partial charge is 0.319 e. The van der Waals surface area contributed by atoms with E-state index >= 15 is 0 Å². The average Bonchev–Trinajstić information content (AvgIpc) is 2.48. The molecule has 0 bridgehead atoms. The summed E-state index contributed by atoms with van der Waals surface area (Å²) < 4.78 is 13.6. The lowest BCUT2D eigenvalue weighted by molar-refractivity contribution is -0.115. The molecule has 2 aromatic rings. The Morgan fingerprint density at radius 2 is 1.74 bits per heavy atom. The number of rotatable bonds is 4. The number of benzene rings is 2. The Morgan fingerprint density at radius 1 is 1.00 bits per heavy atom. The molecule has 0 saturated heterocycles. The van der Waals surface area contributed by atoms with Gasteiger partial charge in [0.25, 0.3) is 0 Å². The van der Waals surface area contributed by atoms with Crippen LogP contribution >= 0.6 is 0 Å². The molecule has 0 heterocycles. The van der Waals surface area contributed by atoms with Gasteiger partial charge in [-0.15, -0.1) is 0 Å². The first kappa shape index (κ1) is 16.5. The molecule has 0 aliphatic rings. The lowest BCUT2D eigenvalue weighted by Gasteiger charge is -2.09. The maximum absolute atomic E-state index is 13.6. The van der Waals surface area contributed by atoms with Gasteiger partial charge in [-0.2, -0.15) is 0 Å². The van der Waals surface area contributed by atoms with Crippen LogP contribution in [-0.2, 0) is 4.79 Å². The van der Waals surface area contributed by atoms with Crippen LogP contribution in [0.15, 0.2) is 42.5 Å². The molecule has 0 fully saturated rings. The van der Waals surface area contributed by atoms with Gasteiger partial charge in [-0.1, -0.05) is 18.2 Å². The third kappa shape index (κ3) is 5.10. The van der Waals surface area contributed by atoms with Crippen molar-refractivity contribution >= 4 is 23.3 Å². The van der Waals surface area contributed by atoms with E-state index in [2.05, 4.69) is 16.0 Å². The van der Waals surface area contributed by atoms with Gasteiger partial charge in [-0.25, -0.2) is 9.18 Å². The normalized spacial score (nSPS) is 10.0. The highest BCUT2D eigenvalue weighted by Gasteiger charge is 2.09. The fourth-order valence-corrected chi connectivity index (χ4v) is 1.97. The Hall–Kier alpha value is -2.89. The van der Waals surface area contributed by atoms with Crippen LogP contribution in [0.25, 0.3) is 0 Å². The minimum Gasteiger partial charge on any atom is -0.329 e. The minimum absolute atomic E-state index is 0.0847. The summed E-state index contributed by atoms with van der Waals surface area (Å²) in [6.45, 7) is 3.41. The number of anilines is 2. The average molecular weight is 315 g/mol. The predicted molar refractivity (Wildman–Crippen MR) is 88.0 cm³/mol. The van der Waals surface area contributed by atoms with Crippen LogP contribution in [0.2, 0.25) is 0 Å². The third-order valence-electron chi connectivity index (χ3n) is 3.08. The van der Waals surface area contributed by atoms with Crippen LogP contribution in [0.3, 0.4) is 0 Å². The molecule has 23 heavy (non-hydrogen) atoms. The van der Waals surface area contributed by atoms with E-state index in [0.717, 1.165) is 11.1 Å². The van der Waals surface area contributed by atoms with Crippen molar-refractivity contribution in [2.75, 3.05) is 17.2 Å². The summed E-state index contributed by atoms with van der Waals surface area (Å²) in [5.74, 6) is -1.02. The van der Waals surface area contributed by atoms with Gasteiger partial charge < -0.3 is 16.0 Å². The molecule has 2 aromatic carbocycles. The van der Waals surface area contributed by atoms with E-state index < -0.39 is 17.8 Å². The Bertz CT molecular complexity index is 732. The monoisotopic (exact) mass is 315 g/mol. The lowest BCUT2D eigenvalue weighted by Crippen LogP contribution is -2.35. The number of amides is 3. The largest absolute Gasteiger partial charge is 0.329 e. The highest BCUT2D eigenvalue weighted by Crippen LogP contribution is 2.14. The van der Waals surface area contributed by atoms with E-state index in [1.165, 1.54) is 12.1 Å². The van der Waals surface area contributed by atoms with E-state index in [4.69, 9.17) is 0 Å². The van der Waals surface area contributed by atoms with Crippen molar-refractivity contribution in [1.29, 1.82) is 0 Å². The van der Waals surface area contributed by atoms with Gasteiger partial charge in [0.15, 0.2) is 0 Å². The van der Waals surface area contributed by atoms with Crippen molar-refractivity contribution in [2.45, 2.75) is 13.8 Å². The second-order valence-corrected chi connectivity index (χ2v) is 5.21. The number of hydrogen-bond donors (Lipinski definition) is 3. The molecule has 0 unspecified atom stereocenters. The van der Waals surface area contributed by atoms with Crippen LogP contribution in [0, 0.1) is 19.7 Å². The fourth-order valence-electron chi connectivity index (χ4n) is 1.97. The van der Waals surface area contributed by atoms with E-state index in [1.54, 1.807) is 25.1 Å². The highest BCUT2D eigenvalue weighted by molar-refractivity contribution is 5.97. The van der Waals surface area contributed by atoms with E-state index in [-0.39, 0.29) is 12.2 Å². The minimum atomic E-state index is -0.512. The molecule has 3 amide bonds. The molecule has 0 radical (unpaired) electrons. The highest BCUT2D eigenvalue weighted by atomic mass is 19.1. The van der Waals surface area contributed by atoms with E-state index in [0.29, 0.717) is 5.69 Å². The lowest BCUT2D eigenvalue weighted by atomic mass is 10.2. The number of aryl methyl sites for hydroxylation is 2. The molecule has 120 valence electrons. The van der Waals surface area contributed by atoms with Gasteiger partial charge in [-0.05, 0) is 49.2 Å². The number of nitrogens with one attached hydrogen (secondary N) is 3. The van der Waals surface area contributed by atoms with Gasteiger partial charge in [0.1, 0.15) is 5.82 Å². The summed E-state index contributed by atoms with van der Waals surface area (Å²) in [4.78, 5) is 23.5. The van der Waals surface area contributed by atoms with Crippen molar-refractivity contribution < 1.29 is 14.0 Å². The number of urea groups is 1. The van der Waals surface area contributed by atoms with Crippen molar-refractivity contribution in [3.05, 3.63) is 59.4 Å². The van der Waals surface area contributed by atoms with E-state index in [9.17, 15) is 14.0 Å². The molecular weight excluding hydrogens is 297 g/mol. The molecule has 3 N–H and O–H groups in total. The first-order chi connectivity index (χ1) is 10.9. The zero-order valence-corrected chi connectivity index (χ0v) is 12.9. The molecule has 0 aromatic heterocycles. The van der Waals surface area contributed by atoms with Gasteiger partial charge in [-0.3, -0.25) is 4.79 Å². The van der Waals surface area contributed by atoms with Gasteiger partial charge in [0, 0.05) is 5.69 Å². The second-order valence-electron chi connectivity index (χ2n) is 5.21. The zero-order chi connectivity index (χ0) is 16.8. The summed E-state index contributed by atoms with van der Waals surface area (Å²) in [6, 6.07) is 11.3. The topological polar surface area (TPSA) is 70.2 Å². The van der Waals surface area contributed by atoms with E-state index in [1.807, 2.05) is 19.1 Å². The quantitative estimate of drug-likeness (QED) is 0.811. The summed E-state index contributed by atoms with van der Waals surface area (Å²) >= 11 is 0. The van der Waals surface area contributed by atoms with Crippen molar-refractivity contribution in [1.82, 2.24) is 5.32 Å². The zero-order valence-electron chi connectivity index (χ0n) is 12.9. The Kier molecular flexibility index (Phi) is 5.30. The van der Waals surface area contributed by atoms with Crippen LogP contribution in [0.4, 0.5) is 20.6 Å². The SMILES string of the molecule is Cc1cccc(NC(=O)NCC(=O)Nc2ccc(C)cc2F)c1. The Morgan fingerprint density at radius 3 is 2.43 bits per heavy atom. The summed E-state index contributed by atoms with van der Waals surface area (Å²) in [5.41, 5.74) is 2.49. The molecule has 0 spiro atoms. The standard InChI is InChI=1S/C17H18FN3O2/c1-11-4-3-5-13(8-11)20-17(23)19-10-16(22)21-15-7-6-12(2)9-14(15)18/h3-9H,10H2,1-2H3,(H,21,22)(H2,19,20,23). The molecule has 6 heteroatoms.